The smallest absolute Gasteiger partial charge is 0.111 e. The van der Waals surface area contributed by atoms with Gasteiger partial charge in [0, 0.05) is 23.9 Å². The lowest BCUT2D eigenvalue weighted by atomic mass is 9.83. The molecule has 82 valence electrons. The molecule has 1 aliphatic heterocycles. The number of nitrogens with zero attached hydrogens (tertiary/aromatic N) is 2. The van der Waals surface area contributed by atoms with Gasteiger partial charge in [-0.2, -0.15) is 0 Å². The number of hydrogen-bond donors (Lipinski definition) is 2. The minimum absolute atomic E-state index is 0.660. The molecule has 2 aliphatic rings. The van der Waals surface area contributed by atoms with Crippen molar-refractivity contribution in [3.05, 3.63) is 41.2 Å². The Balaban J connectivity index is 2.23. The molecule has 0 spiro atoms. The van der Waals surface area contributed by atoms with Gasteiger partial charge in [0.05, 0.1) is 11.4 Å². The van der Waals surface area contributed by atoms with E-state index in [2.05, 4.69) is 9.98 Å². The molecule has 2 atom stereocenters. The van der Waals surface area contributed by atoms with Crippen LogP contribution in [0, 0.1) is 0 Å². The summed E-state index contributed by atoms with van der Waals surface area (Å²) in [5, 5.41) is 20.0. The van der Waals surface area contributed by atoms with Crippen LogP contribution in [0.4, 0.5) is 0 Å². The maximum atomic E-state index is 9.99. The van der Waals surface area contributed by atoms with Crippen molar-refractivity contribution in [2.45, 2.75) is 18.6 Å². The first kappa shape index (κ1) is 9.69. The Morgan fingerprint density at radius 1 is 1.25 bits per heavy atom. The second-order valence-corrected chi connectivity index (χ2v) is 4.01. The molecule has 1 aliphatic carbocycles. The van der Waals surface area contributed by atoms with Crippen LogP contribution >= 0.6 is 0 Å². The fraction of sp³-hybridized carbons (Fsp3) is 0.333. The van der Waals surface area contributed by atoms with Gasteiger partial charge in [0.1, 0.15) is 12.2 Å². The lowest BCUT2D eigenvalue weighted by Crippen LogP contribution is -2.34. The molecule has 0 aromatic carbocycles. The highest BCUT2D eigenvalue weighted by Crippen LogP contribution is 2.33. The molecule has 1 aromatic rings. The van der Waals surface area contributed by atoms with E-state index in [4.69, 9.17) is 0 Å². The first-order valence-corrected chi connectivity index (χ1v) is 5.35. The molecule has 0 amide bonds. The fourth-order valence-electron chi connectivity index (χ4n) is 2.25. The Bertz CT molecular complexity index is 494. The normalized spacial score (nSPS) is 27.6. The van der Waals surface area contributed by atoms with E-state index in [9.17, 15) is 10.2 Å². The lowest BCUT2D eigenvalue weighted by Gasteiger charge is -2.30. The van der Waals surface area contributed by atoms with Gasteiger partial charge in [0.15, 0.2) is 0 Å². The molecule has 2 heterocycles. The van der Waals surface area contributed by atoms with E-state index in [0.717, 1.165) is 18.7 Å². The van der Waals surface area contributed by atoms with Crippen LogP contribution in [0.15, 0.2) is 35.0 Å². The zero-order chi connectivity index (χ0) is 11.1. The van der Waals surface area contributed by atoms with Crippen LogP contribution in [0.2, 0.25) is 0 Å². The number of aliphatic hydroxyl groups is 2. The van der Waals surface area contributed by atoms with Crippen molar-refractivity contribution in [3.63, 3.8) is 0 Å². The average molecular weight is 216 g/mol. The maximum absolute atomic E-state index is 9.99. The van der Waals surface area contributed by atoms with E-state index < -0.39 is 12.2 Å². The Labute approximate surface area is 93.0 Å². The van der Waals surface area contributed by atoms with Gasteiger partial charge in [-0.25, -0.2) is 0 Å². The molecule has 3 rings (SSSR count). The maximum Gasteiger partial charge on any atom is 0.111 e. The third kappa shape index (κ3) is 1.24. The van der Waals surface area contributed by atoms with Gasteiger partial charge in [-0.1, -0.05) is 12.1 Å². The van der Waals surface area contributed by atoms with Gasteiger partial charge in [-0.05, 0) is 12.5 Å². The molecular formula is C12H12N2O2. The number of aromatic nitrogens is 1. The molecule has 4 nitrogen and oxygen atoms in total. The topological polar surface area (TPSA) is 65.7 Å². The number of hydrogen-bond acceptors (Lipinski definition) is 4. The van der Waals surface area contributed by atoms with Crippen molar-refractivity contribution in [2.24, 2.45) is 4.99 Å². The number of aliphatic hydroxyl groups excluding tert-OH is 2. The summed E-state index contributed by atoms with van der Waals surface area (Å²) in [6.07, 6.45) is 2.65. The standard InChI is InChI=1S/C12H12N2O2/c15-11-7-3-1-5-13-9(7)10-8(12(11)16)4-2-6-14-10/h1,3-5,11-12,15-16H,2,6H2. The highest BCUT2D eigenvalue weighted by Gasteiger charge is 2.35. The van der Waals surface area contributed by atoms with E-state index in [1.165, 1.54) is 0 Å². The van der Waals surface area contributed by atoms with Gasteiger partial charge < -0.3 is 10.2 Å². The molecule has 0 radical (unpaired) electrons. The van der Waals surface area contributed by atoms with Gasteiger partial charge >= 0.3 is 0 Å². The van der Waals surface area contributed by atoms with Crippen LogP contribution < -0.4 is 0 Å². The van der Waals surface area contributed by atoms with Gasteiger partial charge in [0.25, 0.3) is 0 Å². The van der Waals surface area contributed by atoms with Crippen LogP contribution in [0.25, 0.3) is 0 Å². The molecule has 16 heavy (non-hydrogen) atoms. The quantitative estimate of drug-likeness (QED) is 0.667. The highest BCUT2D eigenvalue weighted by atomic mass is 16.3. The Morgan fingerprint density at radius 3 is 3.00 bits per heavy atom. The predicted octanol–water partition coefficient (Wildman–Crippen LogP) is 0.609. The Hall–Kier alpha value is -1.52. The zero-order valence-corrected chi connectivity index (χ0v) is 8.67. The van der Waals surface area contributed by atoms with Crippen molar-refractivity contribution in [1.29, 1.82) is 0 Å². The number of fused-ring (bicyclic) bond motifs is 3. The molecular weight excluding hydrogens is 204 g/mol. The van der Waals surface area contributed by atoms with Crippen molar-refractivity contribution >= 4 is 5.71 Å². The minimum Gasteiger partial charge on any atom is -0.385 e. The largest absolute Gasteiger partial charge is 0.385 e. The molecule has 0 saturated carbocycles. The van der Waals surface area contributed by atoms with Crippen molar-refractivity contribution in [3.8, 4) is 0 Å². The van der Waals surface area contributed by atoms with E-state index in [1.807, 2.05) is 6.08 Å². The summed E-state index contributed by atoms with van der Waals surface area (Å²) in [4.78, 5) is 8.64. The van der Waals surface area contributed by atoms with Crippen LogP contribution in [0.3, 0.4) is 0 Å². The van der Waals surface area contributed by atoms with Crippen molar-refractivity contribution in [1.82, 2.24) is 4.98 Å². The molecule has 4 heteroatoms. The molecule has 2 unspecified atom stereocenters. The summed E-state index contributed by atoms with van der Waals surface area (Å²) in [5.41, 5.74) is 2.81. The summed E-state index contributed by atoms with van der Waals surface area (Å²) in [6, 6.07) is 3.54. The monoisotopic (exact) mass is 216 g/mol. The zero-order valence-electron chi connectivity index (χ0n) is 8.67. The summed E-state index contributed by atoms with van der Waals surface area (Å²) in [7, 11) is 0. The van der Waals surface area contributed by atoms with Crippen LogP contribution in [-0.4, -0.2) is 33.6 Å². The van der Waals surface area contributed by atoms with Gasteiger partial charge in [0.2, 0.25) is 0 Å². The SMILES string of the molecule is OC1C2=CCCN=C2c2ncccc2C1O. The minimum atomic E-state index is -0.896. The summed E-state index contributed by atoms with van der Waals surface area (Å²) in [6.45, 7) is 0.720. The van der Waals surface area contributed by atoms with Crippen molar-refractivity contribution < 1.29 is 10.2 Å². The average Bonchev–Trinajstić information content (AvgIpc) is 2.36. The van der Waals surface area contributed by atoms with E-state index in [0.29, 0.717) is 16.8 Å². The van der Waals surface area contributed by atoms with Crippen LogP contribution in [0.1, 0.15) is 23.8 Å². The van der Waals surface area contributed by atoms with Crippen LogP contribution in [0.5, 0.6) is 0 Å². The lowest BCUT2D eigenvalue weighted by molar-refractivity contribution is 0.0416. The van der Waals surface area contributed by atoms with Crippen LogP contribution in [-0.2, 0) is 0 Å². The van der Waals surface area contributed by atoms with Gasteiger partial charge in [-0.3, -0.25) is 9.98 Å². The first-order valence-electron chi connectivity index (χ1n) is 5.35. The molecule has 0 saturated heterocycles. The van der Waals surface area contributed by atoms with Gasteiger partial charge in [-0.15, -0.1) is 0 Å². The predicted molar refractivity (Wildman–Crippen MR) is 59.3 cm³/mol. The fourth-order valence-corrected chi connectivity index (χ4v) is 2.25. The number of dihydropyridines is 1. The molecule has 0 fully saturated rings. The van der Waals surface area contributed by atoms with Crippen molar-refractivity contribution in [2.75, 3.05) is 6.54 Å². The highest BCUT2D eigenvalue weighted by molar-refractivity contribution is 6.14. The second kappa shape index (κ2) is 3.50. The number of aliphatic imine (C=N–C) groups is 1. The Morgan fingerprint density at radius 2 is 2.12 bits per heavy atom. The summed E-state index contributed by atoms with van der Waals surface area (Å²) in [5.74, 6) is 0. The summed E-state index contributed by atoms with van der Waals surface area (Å²) >= 11 is 0. The molecule has 0 bridgehead atoms. The Kier molecular flexibility index (Phi) is 2.12. The summed E-state index contributed by atoms with van der Waals surface area (Å²) < 4.78 is 0. The van der Waals surface area contributed by atoms with E-state index in [-0.39, 0.29) is 0 Å². The first-order chi connectivity index (χ1) is 7.79. The third-order valence-corrected chi connectivity index (χ3v) is 3.04. The third-order valence-electron chi connectivity index (χ3n) is 3.04. The van der Waals surface area contributed by atoms with E-state index >= 15 is 0 Å². The molecule has 2 N–H and O–H groups in total. The van der Waals surface area contributed by atoms with E-state index in [1.54, 1.807) is 18.3 Å². The molecule has 1 aromatic heterocycles. The number of rotatable bonds is 0. The second-order valence-electron chi connectivity index (χ2n) is 4.01. The number of pyridine rings is 1.